The molecule has 0 radical (unpaired) electrons. The van der Waals surface area contributed by atoms with Crippen molar-refractivity contribution < 1.29 is 43.5 Å². The fourth-order valence-electron chi connectivity index (χ4n) is 10.5. The third kappa shape index (κ3) is 10.2. The van der Waals surface area contributed by atoms with Gasteiger partial charge in [0.05, 0.1) is 18.2 Å². The average molecular weight is 841 g/mol. The van der Waals surface area contributed by atoms with Gasteiger partial charge in [-0.25, -0.2) is 0 Å². The second-order valence-corrected chi connectivity index (χ2v) is 18.5. The molecule has 3 aliphatic carbocycles. The van der Waals surface area contributed by atoms with Crippen molar-refractivity contribution in [3.63, 3.8) is 0 Å². The summed E-state index contributed by atoms with van der Waals surface area (Å²) in [5, 5.41) is 24.9. The van der Waals surface area contributed by atoms with Crippen molar-refractivity contribution in [3.05, 3.63) is 84.5 Å². The number of benzene rings is 2. The van der Waals surface area contributed by atoms with Crippen LogP contribution in [0.2, 0.25) is 0 Å². The molecule has 61 heavy (non-hydrogen) atoms. The molecule has 11 heteroatoms. The third-order valence-electron chi connectivity index (χ3n) is 13.2. The Bertz CT molecular complexity index is 1900. The number of carbonyl (C=O) groups excluding carboxylic acids is 1. The molecule has 2 heterocycles. The second kappa shape index (κ2) is 20.2. The van der Waals surface area contributed by atoms with E-state index in [4.69, 9.17) is 33.7 Å². The first-order valence-corrected chi connectivity index (χ1v) is 22.8. The minimum absolute atomic E-state index is 0.0379. The Morgan fingerprint density at radius 2 is 1.67 bits per heavy atom. The van der Waals surface area contributed by atoms with Crippen molar-refractivity contribution in [3.8, 4) is 23.0 Å². The number of hydrogen-bond donors (Lipinski definition) is 2. The molecule has 7 rings (SSSR count). The van der Waals surface area contributed by atoms with Crippen LogP contribution < -0.4 is 18.9 Å². The Hall–Kier alpha value is -4.32. The Morgan fingerprint density at radius 1 is 0.934 bits per heavy atom. The smallest absolute Gasteiger partial charge is 0.239 e. The van der Waals surface area contributed by atoms with Gasteiger partial charge in [0.1, 0.15) is 29.7 Å². The van der Waals surface area contributed by atoms with E-state index in [1.165, 1.54) is 12.8 Å². The fraction of sp³-hybridized carbons (Fsp3) is 0.600. The van der Waals surface area contributed by atoms with Gasteiger partial charge >= 0.3 is 0 Å². The lowest BCUT2D eigenvalue weighted by molar-refractivity contribution is -0.258. The molecule has 332 valence electrons. The van der Waals surface area contributed by atoms with Crippen LogP contribution in [0.3, 0.4) is 0 Å². The molecule has 2 aromatic rings. The predicted molar refractivity (Wildman–Crippen MR) is 236 cm³/mol. The first-order valence-electron chi connectivity index (χ1n) is 22.8. The zero-order valence-corrected chi connectivity index (χ0v) is 36.7. The Kier molecular flexibility index (Phi) is 14.8. The second-order valence-electron chi connectivity index (χ2n) is 18.5. The van der Waals surface area contributed by atoms with E-state index in [2.05, 4.69) is 25.3 Å². The van der Waals surface area contributed by atoms with Crippen molar-refractivity contribution in [2.45, 2.75) is 134 Å². The number of amides is 1. The summed E-state index contributed by atoms with van der Waals surface area (Å²) in [5.41, 5.74) is 3.14. The number of aliphatic hydroxyl groups is 2. The van der Waals surface area contributed by atoms with Crippen LogP contribution in [0.4, 0.5) is 0 Å². The van der Waals surface area contributed by atoms with Gasteiger partial charge in [0.25, 0.3) is 0 Å². The molecule has 5 aliphatic rings. The monoisotopic (exact) mass is 840 g/mol. The van der Waals surface area contributed by atoms with Gasteiger partial charge in [-0.3, -0.25) is 4.79 Å². The van der Waals surface area contributed by atoms with E-state index >= 15 is 4.79 Å². The van der Waals surface area contributed by atoms with E-state index in [0.29, 0.717) is 67.8 Å². The Morgan fingerprint density at radius 3 is 2.41 bits per heavy atom. The molecule has 0 unspecified atom stereocenters. The highest BCUT2D eigenvalue weighted by molar-refractivity contribution is 6.03. The van der Waals surface area contributed by atoms with Gasteiger partial charge in [-0.15, -0.1) is 6.58 Å². The maximum Gasteiger partial charge on any atom is 0.239 e. The number of carbonyl (C=O) groups is 1. The number of rotatable bonds is 21. The largest absolute Gasteiger partial charge is 0.490 e. The molecule has 1 amide bonds. The Labute approximate surface area is 362 Å². The van der Waals surface area contributed by atoms with E-state index in [0.717, 1.165) is 67.4 Å². The summed E-state index contributed by atoms with van der Waals surface area (Å²) < 4.78 is 32.4. The number of nitrogens with zero attached hydrogens (tertiary/aromatic N) is 2. The van der Waals surface area contributed by atoms with Gasteiger partial charge in [0, 0.05) is 44.1 Å². The summed E-state index contributed by atoms with van der Waals surface area (Å²) in [4.78, 5) is 23.5. The van der Waals surface area contributed by atoms with E-state index in [9.17, 15) is 10.2 Å². The summed E-state index contributed by atoms with van der Waals surface area (Å²) in [6.07, 6.45) is 17.0. The highest BCUT2D eigenvalue weighted by atomic mass is 16.7. The van der Waals surface area contributed by atoms with Crippen LogP contribution in [0.15, 0.2) is 78.5 Å². The first-order chi connectivity index (χ1) is 29.6. The summed E-state index contributed by atoms with van der Waals surface area (Å²) >= 11 is 0. The van der Waals surface area contributed by atoms with Gasteiger partial charge in [-0.2, -0.15) is 0 Å². The van der Waals surface area contributed by atoms with Crippen molar-refractivity contribution in [1.82, 2.24) is 4.90 Å². The van der Waals surface area contributed by atoms with Gasteiger partial charge in [-0.1, -0.05) is 74.6 Å². The molecule has 6 atom stereocenters. The van der Waals surface area contributed by atoms with Gasteiger partial charge in [-0.05, 0) is 112 Å². The van der Waals surface area contributed by atoms with Crippen LogP contribution in [0, 0.1) is 23.7 Å². The summed E-state index contributed by atoms with van der Waals surface area (Å²) in [5.74, 6) is 1.62. The highest BCUT2D eigenvalue weighted by Crippen LogP contribution is 2.62. The minimum Gasteiger partial charge on any atom is -0.490 e. The topological polar surface area (TPSA) is 129 Å². The van der Waals surface area contributed by atoms with Gasteiger partial charge < -0.3 is 43.6 Å². The zero-order chi connectivity index (χ0) is 43.0. The Balaban J connectivity index is 1.44. The number of ether oxygens (including phenoxy) is 5. The van der Waals surface area contributed by atoms with Crippen LogP contribution in [-0.2, 0) is 20.9 Å². The van der Waals surface area contributed by atoms with E-state index in [1.54, 1.807) is 12.2 Å². The van der Waals surface area contributed by atoms with Crippen molar-refractivity contribution in [1.29, 1.82) is 0 Å². The van der Waals surface area contributed by atoms with Crippen molar-refractivity contribution >= 4 is 11.6 Å². The zero-order valence-electron chi connectivity index (χ0n) is 36.7. The number of allylic oxidation sites excluding steroid dienone is 1. The summed E-state index contributed by atoms with van der Waals surface area (Å²) in [7, 11) is 0. The maximum absolute atomic E-state index is 15.2. The predicted octanol–water partition coefficient (Wildman–Crippen LogP) is 9.41. The number of aliphatic hydroxyl groups excluding tert-OH is 2. The summed E-state index contributed by atoms with van der Waals surface area (Å²) in [6, 6.07) is 11.3. The fourth-order valence-corrected chi connectivity index (χ4v) is 10.5. The molecule has 0 saturated heterocycles. The van der Waals surface area contributed by atoms with Crippen molar-refractivity contribution in [2.24, 2.45) is 28.8 Å². The van der Waals surface area contributed by atoms with Crippen LogP contribution in [0.25, 0.3) is 0 Å². The molecule has 2 fully saturated rings. The van der Waals surface area contributed by atoms with E-state index in [1.807, 2.05) is 56.0 Å². The van der Waals surface area contributed by atoms with Crippen LogP contribution >= 0.6 is 0 Å². The molecule has 2 aliphatic heterocycles. The van der Waals surface area contributed by atoms with E-state index < -0.39 is 23.3 Å². The quantitative estimate of drug-likeness (QED) is 0.0718. The molecule has 2 saturated carbocycles. The van der Waals surface area contributed by atoms with Crippen LogP contribution in [0.5, 0.6) is 23.0 Å². The molecular formula is C50H68N2O9. The number of hydrogen-bond acceptors (Lipinski definition) is 10. The van der Waals surface area contributed by atoms with Gasteiger partial charge in [0.15, 0.2) is 11.5 Å². The van der Waals surface area contributed by atoms with Gasteiger partial charge in [0.2, 0.25) is 18.5 Å². The molecule has 2 aromatic carbocycles. The molecule has 2 N–H and O–H groups in total. The first kappa shape index (κ1) is 44.7. The number of unbranched alkanes of at least 4 members (excludes halogenated alkanes) is 2. The third-order valence-corrected chi connectivity index (χ3v) is 13.2. The molecule has 11 nitrogen and oxygen atoms in total. The molecule has 0 spiro atoms. The van der Waals surface area contributed by atoms with Crippen molar-refractivity contribution in [2.75, 3.05) is 33.2 Å². The number of oxime groups is 1. The maximum atomic E-state index is 15.2. The molecule has 0 bridgehead atoms. The lowest BCUT2D eigenvalue weighted by Crippen LogP contribution is -2.70. The minimum atomic E-state index is -1.35. The molecule has 0 aromatic heterocycles. The lowest BCUT2D eigenvalue weighted by atomic mass is 9.55. The molecular weight excluding hydrogens is 773 g/mol. The number of fused-ring (bicyclic) bond motifs is 3. The standard InChI is InChI=1S/C50H68N2O9/c1-6-26-56-37-20-22-42-40(30-37)47-38(17-11-13-25-54)36(16-10-12-24-53)29-39-41(51-61-49(3,4)5)31-45(50(60-42,48(39)47)59-27-7-2)52(46(55)23-19-34-14-8-9-15-34)32-35-18-21-43-44(28-35)58-33-57-43/h6-7,18,20-22,28-30,34,36,38,45,47-48,53-54H,1-2,8-17,19,23-27,31-33H2,3-5H3/t36-,38+,45-,47+,48+,50+/m0/s1. The van der Waals surface area contributed by atoms with Crippen LogP contribution in [0.1, 0.15) is 121 Å². The van der Waals surface area contributed by atoms with E-state index in [-0.39, 0.29) is 50.3 Å². The SMILES string of the molecule is C=CCOc1ccc2c(c1)[C@H]1[C@H](CCCCO)[C@@H](CCCCO)C=C3C(=NOC(C)(C)C)C[C@H](N(Cc4ccc5c(c4)OCO5)C(=O)CCC4CCCC4)[C@@](OCC=C)(O2)[C@H]31. The highest BCUT2D eigenvalue weighted by Gasteiger charge is 2.65. The van der Waals surface area contributed by atoms with Crippen LogP contribution in [-0.4, -0.2) is 77.4 Å². The summed E-state index contributed by atoms with van der Waals surface area (Å²) in [6.45, 7) is 15.2. The average Bonchev–Trinajstić information content (AvgIpc) is 3.96. The lowest BCUT2D eigenvalue weighted by Gasteiger charge is -2.60. The normalized spacial score (nSPS) is 25.9.